The van der Waals surface area contributed by atoms with Crippen molar-refractivity contribution in [3.05, 3.63) is 12.7 Å². The molecule has 2 aliphatic heterocycles. The summed E-state index contributed by atoms with van der Waals surface area (Å²) >= 11 is 0. The maximum Gasteiger partial charge on any atom is 0.136 e. The molecular weight excluding hydrogens is 268 g/mol. The topological polar surface area (TPSA) is 34.1 Å². The van der Waals surface area contributed by atoms with Crippen LogP contribution >= 0.6 is 0 Å². The SMILES string of the molecule is C=CCCCCCCCC(=O)C1CC2CCC(C1)S2=O. The number of allylic oxidation sites excluding steroid dienone is 1. The first-order chi connectivity index (χ1) is 9.72. The molecule has 0 amide bonds. The van der Waals surface area contributed by atoms with Gasteiger partial charge in [-0.3, -0.25) is 9.00 Å². The highest BCUT2D eigenvalue weighted by atomic mass is 32.2. The van der Waals surface area contributed by atoms with E-state index in [4.69, 9.17) is 0 Å². The minimum atomic E-state index is -0.628. The number of rotatable bonds is 9. The van der Waals surface area contributed by atoms with Crippen LogP contribution in [0.5, 0.6) is 0 Å². The summed E-state index contributed by atoms with van der Waals surface area (Å²) in [5, 5.41) is 0.670. The Kier molecular flexibility index (Phi) is 6.47. The Hall–Kier alpha value is -0.440. The van der Waals surface area contributed by atoms with Crippen LogP contribution in [-0.2, 0) is 15.6 Å². The number of unbranched alkanes of at least 4 members (excludes halogenated alkanes) is 5. The molecule has 2 fully saturated rings. The van der Waals surface area contributed by atoms with Crippen LogP contribution in [-0.4, -0.2) is 20.5 Å². The van der Waals surface area contributed by atoms with Crippen LogP contribution in [0.3, 0.4) is 0 Å². The predicted molar refractivity (Wildman–Crippen MR) is 85.2 cm³/mol. The van der Waals surface area contributed by atoms with Gasteiger partial charge in [0.15, 0.2) is 0 Å². The zero-order valence-electron chi connectivity index (χ0n) is 12.5. The molecule has 2 unspecified atom stereocenters. The average Bonchev–Trinajstić information content (AvgIpc) is 2.68. The molecule has 2 atom stereocenters. The van der Waals surface area contributed by atoms with Crippen molar-refractivity contribution in [2.75, 3.05) is 0 Å². The van der Waals surface area contributed by atoms with Crippen molar-refractivity contribution in [3.63, 3.8) is 0 Å². The molecule has 0 aromatic carbocycles. The second kappa shape index (κ2) is 8.11. The Morgan fingerprint density at radius 2 is 1.65 bits per heavy atom. The average molecular weight is 296 g/mol. The van der Waals surface area contributed by atoms with E-state index < -0.39 is 10.8 Å². The fraction of sp³-hybridized carbons (Fsp3) is 0.824. The van der Waals surface area contributed by atoms with E-state index in [0.717, 1.165) is 44.9 Å². The monoisotopic (exact) mass is 296 g/mol. The van der Waals surface area contributed by atoms with Gasteiger partial charge in [-0.2, -0.15) is 0 Å². The van der Waals surface area contributed by atoms with E-state index in [9.17, 15) is 9.00 Å². The van der Waals surface area contributed by atoms with Gasteiger partial charge in [0.1, 0.15) is 5.78 Å². The minimum Gasteiger partial charge on any atom is -0.299 e. The van der Waals surface area contributed by atoms with Crippen molar-refractivity contribution < 1.29 is 9.00 Å². The summed E-state index contributed by atoms with van der Waals surface area (Å²) in [6.45, 7) is 3.73. The summed E-state index contributed by atoms with van der Waals surface area (Å²) in [5.74, 6) is 0.677. The van der Waals surface area contributed by atoms with E-state index in [2.05, 4.69) is 6.58 Å². The molecule has 2 heterocycles. The van der Waals surface area contributed by atoms with Gasteiger partial charge in [-0.25, -0.2) is 0 Å². The van der Waals surface area contributed by atoms with E-state index in [1.807, 2.05) is 6.08 Å². The van der Waals surface area contributed by atoms with Crippen molar-refractivity contribution in [2.45, 2.75) is 81.1 Å². The molecule has 0 saturated carbocycles. The van der Waals surface area contributed by atoms with E-state index in [0.29, 0.717) is 16.3 Å². The molecule has 0 radical (unpaired) electrons. The van der Waals surface area contributed by atoms with Crippen LogP contribution in [0.25, 0.3) is 0 Å². The quantitative estimate of drug-likeness (QED) is 0.473. The summed E-state index contributed by atoms with van der Waals surface area (Å²) in [6, 6.07) is 0. The van der Waals surface area contributed by atoms with Gasteiger partial charge in [0.2, 0.25) is 0 Å². The Morgan fingerprint density at radius 1 is 1.05 bits per heavy atom. The smallest absolute Gasteiger partial charge is 0.136 e. The highest BCUT2D eigenvalue weighted by Crippen LogP contribution is 2.39. The molecule has 2 aliphatic rings. The van der Waals surface area contributed by atoms with Crippen LogP contribution < -0.4 is 0 Å². The van der Waals surface area contributed by atoms with Gasteiger partial charge in [0, 0.05) is 33.6 Å². The van der Waals surface area contributed by atoms with Gasteiger partial charge in [-0.05, 0) is 44.9 Å². The van der Waals surface area contributed by atoms with Crippen LogP contribution in [0.1, 0.15) is 70.6 Å². The van der Waals surface area contributed by atoms with Crippen molar-refractivity contribution in [2.24, 2.45) is 5.92 Å². The van der Waals surface area contributed by atoms with Gasteiger partial charge in [0.05, 0.1) is 0 Å². The molecule has 0 spiro atoms. The van der Waals surface area contributed by atoms with Crippen LogP contribution in [0.4, 0.5) is 0 Å². The molecule has 0 N–H and O–H groups in total. The molecule has 114 valence electrons. The molecule has 2 rings (SSSR count). The predicted octanol–water partition coefficient (Wildman–Crippen LogP) is 4.16. The largest absolute Gasteiger partial charge is 0.299 e. The lowest BCUT2D eigenvalue weighted by Gasteiger charge is -2.26. The van der Waals surface area contributed by atoms with Gasteiger partial charge in [-0.1, -0.05) is 25.3 Å². The summed E-state index contributed by atoms with van der Waals surface area (Å²) in [6.07, 6.45) is 13.8. The van der Waals surface area contributed by atoms with Crippen LogP contribution in [0, 0.1) is 5.92 Å². The summed E-state index contributed by atoms with van der Waals surface area (Å²) in [4.78, 5) is 12.2. The maximum absolute atomic E-state index is 12.2. The second-order valence-electron chi connectivity index (χ2n) is 6.38. The highest BCUT2D eigenvalue weighted by molar-refractivity contribution is 7.86. The Labute approximate surface area is 125 Å². The van der Waals surface area contributed by atoms with Crippen molar-refractivity contribution in [1.82, 2.24) is 0 Å². The van der Waals surface area contributed by atoms with Crippen LogP contribution in [0.15, 0.2) is 12.7 Å². The molecule has 3 heteroatoms. The molecule has 0 aromatic rings. The Morgan fingerprint density at radius 3 is 2.30 bits per heavy atom. The van der Waals surface area contributed by atoms with Gasteiger partial charge < -0.3 is 0 Å². The number of carbonyl (C=O) groups is 1. The number of Topliss-reactive ketones (excluding diaryl/α,β-unsaturated/α-hetero) is 1. The number of hydrogen-bond acceptors (Lipinski definition) is 2. The zero-order chi connectivity index (χ0) is 14.4. The fourth-order valence-electron chi connectivity index (χ4n) is 3.62. The molecule has 0 aromatic heterocycles. The van der Waals surface area contributed by atoms with Gasteiger partial charge in [-0.15, -0.1) is 6.58 Å². The molecule has 2 saturated heterocycles. The molecule has 2 nitrogen and oxygen atoms in total. The Bertz CT molecular complexity index is 348. The van der Waals surface area contributed by atoms with E-state index in [1.165, 1.54) is 25.7 Å². The number of hydrogen-bond donors (Lipinski definition) is 0. The van der Waals surface area contributed by atoms with E-state index in [1.54, 1.807) is 0 Å². The zero-order valence-corrected chi connectivity index (χ0v) is 13.3. The first kappa shape index (κ1) is 15.9. The van der Waals surface area contributed by atoms with Crippen LogP contribution in [0.2, 0.25) is 0 Å². The number of carbonyl (C=O) groups excluding carboxylic acids is 1. The normalized spacial score (nSPS) is 32.2. The number of ketones is 1. The lowest BCUT2D eigenvalue weighted by Crippen LogP contribution is -2.32. The lowest BCUT2D eigenvalue weighted by molar-refractivity contribution is -0.123. The van der Waals surface area contributed by atoms with Crippen molar-refractivity contribution in [1.29, 1.82) is 0 Å². The third kappa shape index (κ3) is 4.28. The fourth-order valence-corrected chi connectivity index (χ4v) is 5.74. The molecule has 0 aliphatic carbocycles. The Balaban J connectivity index is 1.59. The molecular formula is C17H28O2S. The molecule has 20 heavy (non-hydrogen) atoms. The third-order valence-corrected chi connectivity index (χ3v) is 7.02. The number of fused-ring (bicyclic) bond motifs is 2. The highest BCUT2D eigenvalue weighted by Gasteiger charge is 2.42. The standard InChI is InChI=1S/C17H28O2S/c1-2-3-4-5-6-7-8-9-17(18)14-12-15-10-11-16(13-14)20(15)19/h2,14-16H,1,3-13H2. The third-order valence-electron chi connectivity index (χ3n) is 4.85. The van der Waals surface area contributed by atoms with Gasteiger partial charge >= 0.3 is 0 Å². The first-order valence-electron chi connectivity index (χ1n) is 8.25. The van der Waals surface area contributed by atoms with E-state index in [-0.39, 0.29) is 5.92 Å². The maximum atomic E-state index is 12.2. The lowest BCUT2D eigenvalue weighted by atomic mass is 9.91. The summed E-state index contributed by atoms with van der Waals surface area (Å²) in [7, 11) is -0.628. The second-order valence-corrected chi connectivity index (χ2v) is 8.37. The minimum absolute atomic E-state index is 0.228. The van der Waals surface area contributed by atoms with E-state index >= 15 is 0 Å². The van der Waals surface area contributed by atoms with Crippen molar-refractivity contribution >= 4 is 16.6 Å². The first-order valence-corrected chi connectivity index (χ1v) is 9.53. The van der Waals surface area contributed by atoms with Gasteiger partial charge in [0.25, 0.3) is 0 Å². The molecule has 2 bridgehead atoms. The summed E-state index contributed by atoms with van der Waals surface area (Å²) < 4.78 is 11.9. The summed E-state index contributed by atoms with van der Waals surface area (Å²) in [5.41, 5.74) is 0. The van der Waals surface area contributed by atoms with Crippen molar-refractivity contribution in [3.8, 4) is 0 Å².